The van der Waals surface area contributed by atoms with Crippen LogP contribution in [0.25, 0.3) is 16.6 Å². The van der Waals surface area contributed by atoms with Gasteiger partial charge in [0, 0.05) is 23.9 Å². The Hall–Kier alpha value is -2.49. The maximum atomic E-state index is 14.8. The zero-order valence-corrected chi connectivity index (χ0v) is 16.9. The number of sulfonamides is 1. The van der Waals surface area contributed by atoms with E-state index in [-0.39, 0.29) is 17.5 Å². The molecule has 0 radical (unpaired) electrons. The number of rotatable bonds is 5. The topological polar surface area (TPSA) is 116 Å². The summed E-state index contributed by atoms with van der Waals surface area (Å²) in [5, 5.41) is 13.0. The molecule has 0 spiro atoms. The smallest absolute Gasteiger partial charge is 0.238 e. The van der Waals surface area contributed by atoms with Crippen molar-refractivity contribution in [3.05, 3.63) is 48.3 Å². The average Bonchev–Trinajstić information content (AvgIpc) is 3.25. The van der Waals surface area contributed by atoms with Crippen molar-refractivity contribution < 1.29 is 12.8 Å². The Morgan fingerprint density at radius 1 is 1.34 bits per heavy atom. The number of halogens is 1. The Kier molecular flexibility index (Phi) is 4.84. The van der Waals surface area contributed by atoms with Gasteiger partial charge in [0.2, 0.25) is 10.0 Å². The zero-order valence-electron chi connectivity index (χ0n) is 16.1. The number of nitrogens with one attached hydrogen (secondary N) is 1. The van der Waals surface area contributed by atoms with Gasteiger partial charge in [-0.25, -0.2) is 22.5 Å². The van der Waals surface area contributed by atoms with Crippen molar-refractivity contribution in [2.24, 2.45) is 10.9 Å². The molecule has 0 amide bonds. The second-order valence-corrected chi connectivity index (χ2v) is 9.31. The predicted octanol–water partition coefficient (Wildman–Crippen LogP) is 2.80. The highest BCUT2D eigenvalue weighted by atomic mass is 32.2. The normalized spacial score (nSPS) is 22.3. The molecule has 154 valence electrons. The molecular weight excluding hydrogens is 393 g/mol. The summed E-state index contributed by atoms with van der Waals surface area (Å²) in [4.78, 5) is 0.0402. The Balaban J connectivity index is 1.80. The number of aromatic nitrogens is 2. The Morgan fingerprint density at radius 3 is 2.79 bits per heavy atom. The molecule has 9 heteroatoms. The van der Waals surface area contributed by atoms with Crippen LogP contribution in [-0.4, -0.2) is 29.7 Å². The molecule has 0 saturated heterocycles. The Labute approximate surface area is 168 Å². The molecule has 29 heavy (non-hydrogen) atoms. The summed E-state index contributed by atoms with van der Waals surface area (Å²) in [5.41, 5.74) is 8.39. The number of hydrogen-bond donors (Lipinski definition) is 3. The fourth-order valence-electron chi connectivity index (χ4n) is 3.95. The first-order valence-electron chi connectivity index (χ1n) is 9.48. The summed E-state index contributed by atoms with van der Waals surface area (Å²) in [6, 6.07) is 8.01. The standard InChI is InChI=1S/C20H24FN5O2S/c1-20(21)7-3-6-18(20)25-19-15(10-22)11-24-26-12-14(9-17(19)26)13-4-2-5-16(8-13)29(23,27)28/h2,4-5,8-9,11-12,18,25H,3,6-7,10,22H2,1H3,(H2,23,27,28). The highest BCUT2D eigenvalue weighted by Gasteiger charge is 2.39. The predicted molar refractivity (Wildman–Crippen MR) is 111 cm³/mol. The van der Waals surface area contributed by atoms with Crippen molar-refractivity contribution in [2.45, 2.75) is 49.3 Å². The molecule has 1 aliphatic carbocycles. The minimum absolute atomic E-state index is 0.0402. The third-order valence-electron chi connectivity index (χ3n) is 5.63. The molecule has 7 nitrogen and oxygen atoms in total. The molecule has 2 atom stereocenters. The second kappa shape index (κ2) is 7.08. The van der Waals surface area contributed by atoms with Crippen LogP contribution in [0.1, 0.15) is 31.7 Å². The van der Waals surface area contributed by atoms with Gasteiger partial charge in [0.05, 0.1) is 28.3 Å². The van der Waals surface area contributed by atoms with E-state index in [1.54, 1.807) is 36.0 Å². The Bertz CT molecular complexity index is 1170. The highest BCUT2D eigenvalue weighted by Crippen LogP contribution is 2.37. The summed E-state index contributed by atoms with van der Waals surface area (Å²) in [6.45, 7) is 1.89. The van der Waals surface area contributed by atoms with E-state index < -0.39 is 15.7 Å². The van der Waals surface area contributed by atoms with Gasteiger partial charge in [-0.3, -0.25) is 0 Å². The van der Waals surface area contributed by atoms with Crippen molar-refractivity contribution in [1.82, 2.24) is 9.61 Å². The lowest BCUT2D eigenvalue weighted by Crippen LogP contribution is -2.36. The second-order valence-electron chi connectivity index (χ2n) is 7.75. The molecule has 1 saturated carbocycles. The maximum absolute atomic E-state index is 14.8. The van der Waals surface area contributed by atoms with E-state index in [1.807, 2.05) is 6.07 Å². The molecule has 4 rings (SSSR count). The van der Waals surface area contributed by atoms with Gasteiger partial charge in [-0.2, -0.15) is 5.10 Å². The number of primary sulfonamides is 1. The lowest BCUT2D eigenvalue weighted by Gasteiger charge is -2.26. The fraction of sp³-hybridized carbons (Fsp3) is 0.350. The van der Waals surface area contributed by atoms with Crippen molar-refractivity contribution >= 4 is 21.2 Å². The molecule has 0 aliphatic heterocycles. The minimum atomic E-state index is -3.80. The largest absolute Gasteiger partial charge is 0.377 e. The SMILES string of the molecule is CC1(F)CCCC1Nc1c(CN)cnn2cc(-c3cccc(S(N)(=O)=O)c3)cc12. The number of nitrogens with two attached hydrogens (primary N) is 2. The molecule has 2 heterocycles. The van der Waals surface area contributed by atoms with E-state index in [0.29, 0.717) is 12.0 Å². The van der Waals surface area contributed by atoms with Gasteiger partial charge < -0.3 is 11.1 Å². The van der Waals surface area contributed by atoms with Crippen LogP contribution in [0.4, 0.5) is 10.1 Å². The van der Waals surface area contributed by atoms with Crippen molar-refractivity contribution in [3.8, 4) is 11.1 Å². The van der Waals surface area contributed by atoms with Crippen molar-refractivity contribution in [3.63, 3.8) is 0 Å². The molecule has 1 aliphatic rings. The summed E-state index contributed by atoms with van der Waals surface area (Å²) in [7, 11) is -3.80. The minimum Gasteiger partial charge on any atom is -0.377 e. The number of alkyl halides is 1. The van der Waals surface area contributed by atoms with Gasteiger partial charge in [0.15, 0.2) is 0 Å². The van der Waals surface area contributed by atoms with Crippen LogP contribution in [0.15, 0.2) is 47.6 Å². The highest BCUT2D eigenvalue weighted by molar-refractivity contribution is 7.89. The third-order valence-corrected chi connectivity index (χ3v) is 6.55. The first-order valence-corrected chi connectivity index (χ1v) is 11.0. The molecule has 0 bridgehead atoms. The van der Waals surface area contributed by atoms with Gasteiger partial charge in [-0.1, -0.05) is 12.1 Å². The van der Waals surface area contributed by atoms with Crippen LogP contribution in [-0.2, 0) is 16.6 Å². The van der Waals surface area contributed by atoms with Gasteiger partial charge in [0.1, 0.15) is 5.67 Å². The summed E-state index contributed by atoms with van der Waals surface area (Å²) in [6.07, 6.45) is 5.57. The first-order chi connectivity index (χ1) is 13.7. The van der Waals surface area contributed by atoms with E-state index in [4.69, 9.17) is 10.9 Å². The number of fused-ring (bicyclic) bond motifs is 1. The van der Waals surface area contributed by atoms with Crippen LogP contribution in [0.2, 0.25) is 0 Å². The number of nitrogens with zero attached hydrogens (tertiary/aromatic N) is 2. The molecular formula is C20H24FN5O2S. The van der Waals surface area contributed by atoms with E-state index >= 15 is 0 Å². The van der Waals surface area contributed by atoms with Crippen molar-refractivity contribution in [2.75, 3.05) is 5.32 Å². The van der Waals surface area contributed by atoms with E-state index in [9.17, 15) is 12.8 Å². The van der Waals surface area contributed by atoms with Gasteiger partial charge in [-0.05, 0) is 49.9 Å². The van der Waals surface area contributed by atoms with Gasteiger partial charge in [0.25, 0.3) is 0 Å². The first kappa shape index (κ1) is 19.8. The average molecular weight is 418 g/mol. The van der Waals surface area contributed by atoms with Crippen molar-refractivity contribution in [1.29, 1.82) is 0 Å². The summed E-state index contributed by atoms with van der Waals surface area (Å²) >= 11 is 0. The van der Waals surface area contributed by atoms with Crippen LogP contribution in [0.3, 0.4) is 0 Å². The lowest BCUT2D eigenvalue weighted by atomic mass is 10.0. The monoisotopic (exact) mass is 417 g/mol. The quantitative estimate of drug-likeness (QED) is 0.590. The molecule has 2 unspecified atom stereocenters. The zero-order chi connectivity index (χ0) is 20.8. The lowest BCUT2D eigenvalue weighted by molar-refractivity contribution is 0.184. The van der Waals surface area contributed by atoms with E-state index in [0.717, 1.165) is 35.2 Å². The molecule has 1 aromatic carbocycles. The maximum Gasteiger partial charge on any atom is 0.238 e. The number of anilines is 1. The molecule has 5 N–H and O–H groups in total. The molecule has 2 aromatic heterocycles. The van der Waals surface area contributed by atoms with E-state index in [1.165, 1.54) is 12.1 Å². The van der Waals surface area contributed by atoms with Crippen LogP contribution in [0.5, 0.6) is 0 Å². The van der Waals surface area contributed by atoms with Crippen LogP contribution < -0.4 is 16.2 Å². The summed E-state index contributed by atoms with van der Waals surface area (Å²) in [5.74, 6) is 0. The van der Waals surface area contributed by atoms with Crippen LogP contribution in [0, 0.1) is 0 Å². The van der Waals surface area contributed by atoms with E-state index in [2.05, 4.69) is 10.4 Å². The van der Waals surface area contributed by atoms with Crippen LogP contribution >= 0.6 is 0 Å². The summed E-state index contributed by atoms with van der Waals surface area (Å²) < 4.78 is 39.9. The number of benzene rings is 1. The van der Waals surface area contributed by atoms with Gasteiger partial charge in [-0.15, -0.1) is 0 Å². The number of hydrogen-bond acceptors (Lipinski definition) is 5. The fourth-order valence-corrected chi connectivity index (χ4v) is 4.51. The molecule has 1 fully saturated rings. The van der Waals surface area contributed by atoms with Gasteiger partial charge >= 0.3 is 0 Å². The Morgan fingerprint density at radius 2 is 2.14 bits per heavy atom. The third kappa shape index (κ3) is 3.73. The molecule has 3 aromatic rings.